The number of nitrogens with zero attached hydrogens (tertiary/aromatic N) is 4. The Morgan fingerprint density at radius 2 is 1.33 bits per heavy atom. The molecule has 8 heteroatoms. The van der Waals surface area contributed by atoms with Gasteiger partial charge < -0.3 is 0 Å². The molecule has 0 radical (unpaired) electrons. The van der Waals surface area contributed by atoms with E-state index in [4.69, 9.17) is 0 Å². The summed E-state index contributed by atoms with van der Waals surface area (Å²) in [5.74, 6) is 0. The fourth-order valence-electron chi connectivity index (χ4n) is 0.515. The van der Waals surface area contributed by atoms with Crippen LogP contribution in [0.2, 0.25) is 0 Å². The molecular formula is C4H10N4O4. The van der Waals surface area contributed by atoms with E-state index in [1.54, 1.807) is 0 Å². The number of hydrazine groups is 2. The van der Waals surface area contributed by atoms with Gasteiger partial charge in [0.15, 0.2) is 10.1 Å². The van der Waals surface area contributed by atoms with Crippen molar-refractivity contribution < 1.29 is 10.1 Å². The van der Waals surface area contributed by atoms with Crippen LogP contribution in [0.3, 0.4) is 0 Å². The number of hydrogen-bond donors (Lipinski definition) is 0. The molecule has 0 N–H and O–H groups in total. The Morgan fingerprint density at radius 3 is 1.50 bits per heavy atom. The molecule has 12 heavy (non-hydrogen) atoms. The predicted octanol–water partition coefficient (Wildman–Crippen LogP) is -0.421. The highest BCUT2D eigenvalue weighted by Gasteiger charge is 2.27. The van der Waals surface area contributed by atoms with E-state index < -0.39 is 16.2 Å². The molecule has 0 saturated carbocycles. The van der Waals surface area contributed by atoms with Gasteiger partial charge in [0.05, 0.1) is 14.1 Å². The molecule has 0 saturated heterocycles. The standard InChI is InChI=1S/C4H10N4O4/c1-4(5(2)7(9)10)6(3)8(11)12/h4H,1-3H3. The summed E-state index contributed by atoms with van der Waals surface area (Å²) < 4.78 is 0. The molecule has 0 heterocycles. The van der Waals surface area contributed by atoms with Crippen LogP contribution in [-0.4, -0.2) is 40.3 Å². The van der Waals surface area contributed by atoms with Gasteiger partial charge in [-0.15, -0.1) is 10.0 Å². The molecule has 70 valence electrons. The van der Waals surface area contributed by atoms with Gasteiger partial charge in [-0.25, -0.2) is 20.2 Å². The highest BCUT2D eigenvalue weighted by Crippen LogP contribution is 1.99. The summed E-state index contributed by atoms with van der Waals surface area (Å²) >= 11 is 0. The van der Waals surface area contributed by atoms with E-state index in [1.807, 2.05) is 0 Å². The predicted molar refractivity (Wildman–Crippen MR) is 39.0 cm³/mol. The van der Waals surface area contributed by atoms with Crippen LogP contribution in [-0.2, 0) is 0 Å². The lowest BCUT2D eigenvalue weighted by atomic mass is 10.5. The fraction of sp³-hybridized carbons (Fsp3) is 1.00. The van der Waals surface area contributed by atoms with Crippen LogP contribution in [0, 0.1) is 20.2 Å². The summed E-state index contributed by atoms with van der Waals surface area (Å²) in [6.45, 7) is 1.37. The van der Waals surface area contributed by atoms with Crippen LogP contribution in [0.15, 0.2) is 0 Å². The molecule has 0 aromatic carbocycles. The Morgan fingerprint density at radius 1 is 1.08 bits per heavy atom. The molecule has 0 spiro atoms. The molecule has 0 rings (SSSR count). The van der Waals surface area contributed by atoms with Crippen LogP contribution in [0.4, 0.5) is 0 Å². The largest absolute Gasteiger partial charge is 0.235 e. The van der Waals surface area contributed by atoms with Gasteiger partial charge in [0.1, 0.15) is 0 Å². The normalized spacial score (nSPS) is 9.67. The second-order valence-electron chi connectivity index (χ2n) is 2.25. The molecule has 0 aromatic rings. The molecule has 0 unspecified atom stereocenters. The van der Waals surface area contributed by atoms with Gasteiger partial charge in [0.2, 0.25) is 6.17 Å². The van der Waals surface area contributed by atoms with E-state index in [-0.39, 0.29) is 0 Å². The number of hydrogen-bond acceptors (Lipinski definition) is 4. The Hall–Kier alpha value is -1.60. The third-order valence-electron chi connectivity index (χ3n) is 1.60. The van der Waals surface area contributed by atoms with Gasteiger partial charge in [0.25, 0.3) is 0 Å². The first kappa shape index (κ1) is 10.4. The van der Waals surface area contributed by atoms with E-state index in [2.05, 4.69) is 0 Å². The van der Waals surface area contributed by atoms with Crippen molar-refractivity contribution in [2.24, 2.45) is 0 Å². The molecule has 0 amide bonds. The smallest absolute Gasteiger partial charge is 0.214 e. The molecular weight excluding hydrogens is 168 g/mol. The summed E-state index contributed by atoms with van der Waals surface area (Å²) in [5.41, 5.74) is 0. The van der Waals surface area contributed by atoms with Crippen molar-refractivity contribution in [1.29, 1.82) is 0 Å². The zero-order valence-corrected chi connectivity index (χ0v) is 7.00. The summed E-state index contributed by atoms with van der Waals surface area (Å²) in [5, 5.41) is 20.2. The van der Waals surface area contributed by atoms with Gasteiger partial charge in [-0.2, -0.15) is 0 Å². The van der Waals surface area contributed by atoms with Crippen LogP contribution >= 0.6 is 0 Å². The summed E-state index contributed by atoms with van der Waals surface area (Å²) in [6, 6.07) is 0. The molecule has 8 nitrogen and oxygen atoms in total. The van der Waals surface area contributed by atoms with Crippen molar-refractivity contribution in [2.45, 2.75) is 13.1 Å². The van der Waals surface area contributed by atoms with E-state index >= 15 is 0 Å². The molecule has 0 aromatic heterocycles. The lowest BCUT2D eigenvalue weighted by molar-refractivity contribution is -0.718. The van der Waals surface area contributed by atoms with E-state index in [1.165, 1.54) is 21.0 Å². The minimum absolute atomic E-state index is 0.656. The van der Waals surface area contributed by atoms with E-state index in [9.17, 15) is 20.2 Å². The Bertz CT molecular complexity index is 175. The van der Waals surface area contributed by atoms with Gasteiger partial charge >= 0.3 is 0 Å². The second kappa shape index (κ2) is 3.69. The highest BCUT2D eigenvalue weighted by atomic mass is 16.7. The third kappa shape index (κ3) is 2.22. The molecule has 0 aliphatic heterocycles. The first-order valence-corrected chi connectivity index (χ1v) is 3.12. The zero-order chi connectivity index (χ0) is 9.89. The van der Waals surface area contributed by atoms with Crippen LogP contribution in [0.25, 0.3) is 0 Å². The zero-order valence-electron chi connectivity index (χ0n) is 7.00. The fourth-order valence-corrected chi connectivity index (χ4v) is 0.515. The summed E-state index contributed by atoms with van der Waals surface area (Å²) in [6.07, 6.45) is -0.880. The van der Waals surface area contributed by atoms with Gasteiger partial charge in [0, 0.05) is 0 Å². The lowest BCUT2D eigenvalue weighted by Crippen LogP contribution is -2.47. The average molecular weight is 178 g/mol. The summed E-state index contributed by atoms with van der Waals surface area (Å²) in [4.78, 5) is 20.3. The topological polar surface area (TPSA) is 92.8 Å². The highest BCUT2D eigenvalue weighted by molar-refractivity contribution is 4.45. The van der Waals surface area contributed by atoms with Crippen molar-refractivity contribution in [2.75, 3.05) is 14.1 Å². The van der Waals surface area contributed by atoms with E-state index in [0.29, 0.717) is 10.0 Å². The molecule has 0 aliphatic rings. The van der Waals surface area contributed by atoms with Gasteiger partial charge in [-0.3, -0.25) is 0 Å². The maximum atomic E-state index is 10.2. The van der Waals surface area contributed by atoms with Crippen molar-refractivity contribution in [3.63, 3.8) is 0 Å². The van der Waals surface area contributed by atoms with Crippen LogP contribution in [0.5, 0.6) is 0 Å². The molecule has 0 fully saturated rings. The molecule has 0 bridgehead atoms. The van der Waals surface area contributed by atoms with Crippen molar-refractivity contribution in [3.05, 3.63) is 20.2 Å². The maximum Gasteiger partial charge on any atom is 0.214 e. The minimum Gasteiger partial charge on any atom is -0.235 e. The summed E-state index contributed by atoms with van der Waals surface area (Å²) in [7, 11) is 2.34. The van der Waals surface area contributed by atoms with Crippen LogP contribution in [0.1, 0.15) is 6.92 Å². The van der Waals surface area contributed by atoms with Crippen molar-refractivity contribution in [3.8, 4) is 0 Å². The van der Waals surface area contributed by atoms with Gasteiger partial charge in [-0.05, 0) is 6.92 Å². The maximum absolute atomic E-state index is 10.2. The Labute approximate surface area is 68.6 Å². The van der Waals surface area contributed by atoms with E-state index in [0.717, 1.165) is 0 Å². The monoisotopic (exact) mass is 178 g/mol. The first-order chi connectivity index (χ1) is 5.37. The molecule has 0 atom stereocenters. The number of rotatable bonds is 4. The van der Waals surface area contributed by atoms with Crippen molar-refractivity contribution >= 4 is 0 Å². The third-order valence-corrected chi connectivity index (χ3v) is 1.60. The van der Waals surface area contributed by atoms with Crippen molar-refractivity contribution in [1.82, 2.24) is 10.0 Å². The quantitative estimate of drug-likeness (QED) is 0.329. The number of nitro groups is 2. The first-order valence-electron chi connectivity index (χ1n) is 3.12. The lowest BCUT2D eigenvalue weighted by Gasteiger charge is -2.20. The van der Waals surface area contributed by atoms with Crippen LogP contribution < -0.4 is 0 Å². The Kier molecular flexibility index (Phi) is 3.20. The second-order valence-corrected chi connectivity index (χ2v) is 2.25. The minimum atomic E-state index is -0.880. The molecule has 0 aliphatic carbocycles. The Balaban J connectivity index is 4.28. The van der Waals surface area contributed by atoms with Gasteiger partial charge in [-0.1, -0.05) is 0 Å². The average Bonchev–Trinajstić information content (AvgIpc) is 2.00. The SMILES string of the molecule is CC(N(C)[N+](=O)[O-])N(C)[N+](=O)[O-].